The summed E-state index contributed by atoms with van der Waals surface area (Å²) in [5, 5.41) is 3.79. The predicted octanol–water partition coefficient (Wildman–Crippen LogP) is 5.08. The number of halogens is 1. The molecular weight excluding hydrogens is 286 g/mol. The highest BCUT2D eigenvalue weighted by atomic mass is 79.9. The van der Waals surface area contributed by atoms with Crippen molar-refractivity contribution < 1.29 is 0 Å². The molecule has 1 nitrogen and oxygen atoms in total. The van der Waals surface area contributed by atoms with Crippen molar-refractivity contribution in [3.05, 3.63) is 28.7 Å². The zero-order chi connectivity index (χ0) is 13.0. The van der Waals surface area contributed by atoms with Gasteiger partial charge in [0.2, 0.25) is 0 Å². The lowest BCUT2D eigenvalue weighted by Crippen LogP contribution is -2.40. The molecular formula is C16H22BrN. The van der Waals surface area contributed by atoms with Crippen molar-refractivity contribution in [1.82, 2.24) is 0 Å². The Labute approximate surface area is 118 Å². The molecule has 0 amide bonds. The first kappa shape index (κ1) is 12.5. The summed E-state index contributed by atoms with van der Waals surface area (Å²) < 4.78 is 1.18. The largest absolute Gasteiger partial charge is 0.381 e. The van der Waals surface area contributed by atoms with Crippen molar-refractivity contribution in [3.8, 4) is 0 Å². The summed E-state index contributed by atoms with van der Waals surface area (Å²) in [4.78, 5) is 0. The van der Waals surface area contributed by atoms with Crippen LogP contribution in [0.2, 0.25) is 0 Å². The maximum Gasteiger partial charge on any atom is 0.0486 e. The standard InChI is InChI=1S/C16H22BrN/c1-15(2)11-8-9-16(15,3)14(10-11)18-13-7-5-4-6-12(13)17/h4-7,11,14,18H,8-10H2,1-3H3. The van der Waals surface area contributed by atoms with E-state index in [0.29, 0.717) is 16.9 Å². The van der Waals surface area contributed by atoms with Crippen molar-refractivity contribution in [2.24, 2.45) is 16.7 Å². The number of nitrogens with one attached hydrogen (secondary N) is 1. The van der Waals surface area contributed by atoms with Gasteiger partial charge in [-0.1, -0.05) is 32.9 Å². The Kier molecular flexibility index (Phi) is 2.78. The molecule has 2 heteroatoms. The van der Waals surface area contributed by atoms with Gasteiger partial charge in [-0.15, -0.1) is 0 Å². The molecule has 3 atom stereocenters. The Morgan fingerprint density at radius 2 is 1.94 bits per heavy atom. The highest BCUT2D eigenvalue weighted by molar-refractivity contribution is 9.10. The second kappa shape index (κ2) is 4.00. The molecule has 0 aromatic heterocycles. The van der Waals surface area contributed by atoms with Crippen LogP contribution in [-0.2, 0) is 0 Å². The Balaban J connectivity index is 1.86. The minimum Gasteiger partial charge on any atom is -0.381 e. The van der Waals surface area contributed by atoms with Crippen molar-refractivity contribution in [1.29, 1.82) is 0 Å². The molecule has 0 saturated heterocycles. The lowest BCUT2D eigenvalue weighted by molar-refractivity contribution is 0.142. The van der Waals surface area contributed by atoms with Gasteiger partial charge in [-0.05, 0) is 64.1 Å². The molecule has 2 aliphatic carbocycles. The van der Waals surface area contributed by atoms with Gasteiger partial charge in [0.1, 0.15) is 0 Å². The van der Waals surface area contributed by atoms with Gasteiger partial charge in [0.05, 0.1) is 0 Å². The topological polar surface area (TPSA) is 12.0 Å². The summed E-state index contributed by atoms with van der Waals surface area (Å²) >= 11 is 3.64. The van der Waals surface area contributed by atoms with E-state index in [2.05, 4.69) is 66.3 Å². The Morgan fingerprint density at radius 1 is 1.22 bits per heavy atom. The number of hydrogen-bond donors (Lipinski definition) is 1. The molecule has 18 heavy (non-hydrogen) atoms. The van der Waals surface area contributed by atoms with Gasteiger partial charge < -0.3 is 5.32 Å². The number of rotatable bonds is 2. The van der Waals surface area contributed by atoms with E-state index in [4.69, 9.17) is 0 Å². The third-order valence-electron chi connectivity index (χ3n) is 6.00. The zero-order valence-corrected chi connectivity index (χ0v) is 13.0. The van der Waals surface area contributed by atoms with Gasteiger partial charge in [0.15, 0.2) is 0 Å². The Bertz CT molecular complexity index is 468. The van der Waals surface area contributed by atoms with E-state index in [1.807, 2.05) is 0 Å². The van der Waals surface area contributed by atoms with E-state index in [-0.39, 0.29) is 0 Å². The summed E-state index contributed by atoms with van der Waals surface area (Å²) in [7, 11) is 0. The number of para-hydroxylation sites is 1. The molecule has 0 heterocycles. The van der Waals surface area contributed by atoms with E-state index in [9.17, 15) is 0 Å². The first-order valence-corrected chi connectivity index (χ1v) is 7.75. The van der Waals surface area contributed by atoms with E-state index in [1.165, 1.54) is 29.4 Å². The second-order valence-electron chi connectivity index (χ2n) is 6.79. The quantitative estimate of drug-likeness (QED) is 0.803. The van der Waals surface area contributed by atoms with Crippen molar-refractivity contribution >= 4 is 21.6 Å². The second-order valence-corrected chi connectivity index (χ2v) is 7.64. The molecule has 3 rings (SSSR count). The SMILES string of the molecule is CC1(C)C2CCC1(C)C(Nc1ccccc1Br)C2. The fourth-order valence-corrected chi connectivity index (χ4v) is 4.59. The summed E-state index contributed by atoms with van der Waals surface area (Å²) in [6.45, 7) is 7.41. The van der Waals surface area contributed by atoms with E-state index < -0.39 is 0 Å². The van der Waals surface area contributed by atoms with Gasteiger partial charge >= 0.3 is 0 Å². The van der Waals surface area contributed by atoms with E-state index >= 15 is 0 Å². The Morgan fingerprint density at radius 3 is 2.50 bits per heavy atom. The van der Waals surface area contributed by atoms with E-state index in [1.54, 1.807) is 0 Å². The monoisotopic (exact) mass is 307 g/mol. The normalized spacial score (nSPS) is 36.9. The third kappa shape index (κ3) is 1.57. The average molecular weight is 308 g/mol. The molecule has 0 spiro atoms. The molecule has 0 aliphatic heterocycles. The third-order valence-corrected chi connectivity index (χ3v) is 6.69. The van der Waals surface area contributed by atoms with Gasteiger partial charge in [-0.2, -0.15) is 0 Å². The van der Waals surface area contributed by atoms with E-state index in [0.717, 1.165) is 5.92 Å². The van der Waals surface area contributed by atoms with Gasteiger partial charge in [0, 0.05) is 16.2 Å². The molecule has 2 bridgehead atoms. The van der Waals surface area contributed by atoms with Crippen LogP contribution in [0, 0.1) is 16.7 Å². The smallest absolute Gasteiger partial charge is 0.0486 e. The minimum atomic E-state index is 0.437. The van der Waals surface area contributed by atoms with Crippen molar-refractivity contribution in [2.45, 2.75) is 46.1 Å². The highest BCUT2D eigenvalue weighted by Gasteiger charge is 2.61. The summed E-state index contributed by atoms with van der Waals surface area (Å²) in [5.41, 5.74) is 2.16. The summed E-state index contributed by atoms with van der Waals surface area (Å²) in [5.74, 6) is 0.891. The summed E-state index contributed by atoms with van der Waals surface area (Å²) in [6.07, 6.45) is 4.11. The molecule has 1 aromatic carbocycles. The summed E-state index contributed by atoms with van der Waals surface area (Å²) in [6, 6.07) is 9.08. The number of anilines is 1. The van der Waals surface area contributed by atoms with Gasteiger partial charge in [-0.3, -0.25) is 0 Å². The maximum atomic E-state index is 3.79. The van der Waals surface area contributed by atoms with Crippen molar-refractivity contribution in [3.63, 3.8) is 0 Å². The highest BCUT2D eigenvalue weighted by Crippen LogP contribution is 2.65. The number of benzene rings is 1. The van der Waals surface area contributed by atoms with Crippen LogP contribution in [0.25, 0.3) is 0 Å². The molecule has 2 fully saturated rings. The van der Waals surface area contributed by atoms with Gasteiger partial charge in [-0.25, -0.2) is 0 Å². The minimum absolute atomic E-state index is 0.437. The maximum absolute atomic E-state index is 3.79. The average Bonchev–Trinajstić information content (AvgIpc) is 2.65. The van der Waals surface area contributed by atoms with Crippen LogP contribution >= 0.6 is 15.9 Å². The molecule has 1 aromatic rings. The van der Waals surface area contributed by atoms with Crippen LogP contribution in [0.3, 0.4) is 0 Å². The Hall–Kier alpha value is -0.500. The van der Waals surface area contributed by atoms with Crippen LogP contribution in [-0.4, -0.2) is 6.04 Å². The first-order chi connectivity index (χ1) is 8.45. The number of fused-ring (bicyclic) bond motifs is 2. The van der Waals surface area contributed by atoms with Crippen LogP contribution in [0.1, 0.15) is 40.0 Å². The molecule has 2 saturated carbocycles. The van der Waals surface area contributed by atoms with Crippen LogP contribution < -0.4 is 5.32 Å². The lowest BCUT2D eigenvalue weighted by atomic mass is 9.69. The van der Waals surface area contributed by atoms with Gasteiger partial charge in [0.25, 0.3) is 0 Å². The fourth-order valence-electron chi connectivity index (χ4n) is 4.19. The molecule has 3 unspecified atom stereocenters. The fraction of sp³-hybridized carbons (Fsp3) is 0.625. The van der Waals surface area contributed by atoms with Crippen LogP contribution in [0.15, 0.2) is 28.7 Å². The van der Waals surface area contributed by atoms with Crippen LogP contribution in [0.5, 0.6) is 0 Å². The molecule has 98 valence electrons. The van der Waals surface area contributed by atoms with Crippen molar-refractivity contribution in [2.75, 3.05) is 5.32 Å². The van der Waals surface area contributed by atoms with Crippen LogP contribution in [0.4, 0.5) is 5.69 Å². The first-order valence-electron chi connectivity index (χ1n) is 6.96. The molecule has 0 radical (unpaired) electrons. The number of hydrogen-bond acceptors (Lipinski definition) is 1. The molecule has 1 N–H and O–H groups in total. The predicted molar refractivity (Wildman–Crippen MR) is 80.8 cm³/mol. The molecule has 2 aliphatic rings. The zero-order valence-electron chi connectivity index (χ0n) is 11.5. The lowest BCUT2D eigenvalue weighted by Gasteiger charge is -2.40.